The zero-order valence-electron chi connectivity index (χ0n) is 21.4. The first-order valence-corrected chi connectivity index (χ1v) is 15.3. The molecule has 0 saturated heterocycles. The molecule has 36 heavy (non-hydrogen) atoms. The van der Waals surface area contributed by atoms with Crippen LogP contribution in [-0.4, -0.2) is 68.8 Å². The van der Waals surface area contributed by atoms with Gasteiger partial charge >= 0.3 is 0 Å². The Bertz CT molecular complexity index is 1250. The van der Waals surface area contributed by atoms with E-state index >= 15 is 0 Å². The minimum atomic E-state index is -3.62. The van der Waals surface area contributed by atoms with Crippen LogP contribution in [0.15, 0.2) is 51.8 Å². The number of amides is 1. The van der Waals surface area contributed by atoms with Crippen LogP contribution in [0.25, 0.3) is 10.2 Å². The van der Waals surface area contributed by atoms with Crippen LogP contribution in [0.1, 0.15) is 49.9 Å². The summed E-state index contributed by atoms with van der Waals surface area (Å²) < 4.78 is 30.1. The maximum absolute atomic E-state index is 13.6. The lowest BCUT2D eigenvalue weighted by atomic mass is 10.2. The Hall–Kier alpha value is -1.85. The third kappa shape index (κ3) is 7.13. The van der Waals surface area contributed by atoms with Crippen molar-refractivity contribution in [3.63, 3.8) is 0 Å². The van der Waals surface area contributed by atoms with Gasteiger partial charge in [-0.1, -0.05) is 54.0 Å². The molecule has 0 bridgehead atoms. The summed E-state index contributed by atoms with van der Waals surface area (Å²) in [7, 11) is 0.302. The van der Waals surface area contributed by atoms with Crippen molar-refractivity contribution < 1.29 is 13.2 Å². The van der Waals surface area contributed by atoms with Gasteiger partial charge in [-0.15, -0.1) is 0 Å². The first-order valence-electron chi connectivity index (χ1n) is 12.3. The molecule has 0 spiro atoms. The highest BCUT2D eigenvalue weighted by atomic mass is 79.9. The number of hydrogen-bond acceptors (Lipinski definition) is 6. The van der Waals surface area contributed by atoms with Crippen LogP contribution in [0.2, 0.25) is 0 Å². The van der Waals surface area contributed by atoms with Crippen LogP contribution >= 0.6 is 27.3 Å². The fourth-order valence-corrected chi connectivity index (χ4v) is 6.74. The molecule has 0 saturated carbocycles. The van der Waals surface area contributed by atoms with Gasteiger partial charge in [0.25, 0.3) is 5.91 Å². The number of rotatable bonds is 13. The smallest absolute Gasteiger partial charge is 0.260 e. The number of fused-ring (bicyclic) bond motifs is 1. The van der Waals surface area contributed by atoms with Crippen molar-refractivity contribution in [1.29, 1.82) is 0 Å². The monoisotopic (exact) mass is 594 g/mol. The third-order valence-electron chi connectivity index (χ3n) is 5.85. The quantitative estimate of drug-likeness (QED) is 0.248. The van der Waals surface area contributed by atoms with E-state index in [1.54, 1.807) is 33.5 Å². The summed E-state index contributed by atoms with van der Waals surface area (Å²) in [5.41, 5.74) is 1.27. The fraction of sp³-hybridized carbons (Fsp3) is 0.462. The van der Waals surface area contributed by atoms with Gasteiger partial charge < -0.3 is 4.90 Å². The lowest BCUT2D eigenvalue weighted by Gasteiger charge is -2.23. The minimum absolute atomic E-state index is 0.201. The molecule has 3 aromatic rings. The molecular formula is C26H35BrN4O3S2. The molecule has 0 fully saturated rings. The molecular weight excluding hydrogens is 560 g/mol. The molecule has 0 aliphatic rings. The molecule has 10 heteroatoms. The summed E-state index contributed by atoms with van der Waals surface area (Å²) in [6, 6.07) is 12.2. The molecule has 1 heterocycles. The molecule has 0 aliphatic heterocycles. The van der Waals surface area contributed by atoms with Gasteiger partial charge in [-0.05, 0) is 69.4 Å². The highest BCUT2D eigenvalue weighted by Crippen LogP contribution is 2.32. The maximum atomic E-state index is 13.6. The van der Waals surface area contributed by atoms with Gasteiger partial charge in [-0.2, -0.15) is 4.31 Å². The van der Waals surface area contributed by atoms with Gasteiger partial charge in [-0.3, -0.25) is 9.69 Å². The minimum Gasteiger partial charge on any atom is -0.308 e. The van der Waals surface area contributed by atoms with E-state index < -0.39 is 10.0 Å². The van der Waals surface area contributed by atoms with Crippen molar-refractivity contribution in [1.82, 2.24) is 14.2 Å². The second-order valence-corrected chi connectivity index (χ2v) is 12.9. The SMILES string of the molecule is CCCCN(CCCC)S(=O)(=O)c1ccc(C(=O)N(CCN(C)C)c2nc3ccc(Br)cc3s2)cc1. The highest BCUT2D eigenvalue weighted by molar-refractivity contribution is 9.10. The Kier molecular flexibility index (Phi) is 10.4. The van der Waals surface area contributed by atoms with Gasteiger partial charge in [0.05, 0.1) is 15.1 Å². The number of carbonyl (C=O) groups excluding carboxylic acids is 1. The van der Waals surface area contributed by atoms with Gasteiger partial charge in [0, 0.05) is 36.2 Å². The predicted octanol–water partition coefficient (Wildman–Crippen LogP) is 5.86. The van der Waals surface area contributed by atoms with E-state index in [4.69, 9.17) is 4.98 Å². The van der Waals surface area contributed by atoms with Crippen molar-refractivity contribution in [3.8, 4) is 0 Å². The van der Waals surface area contributed by atoms with Crippen LogP contribution in [0.3, 0.4) is 0 Å². The number of unbranched alkanes of at least 4 members (excludes halogenated alkanes) is 2. The Morgan fingerprint density at radius 3 is 2.17 bits per heavy atom. The highest BCUT2D eigenvalue weighted by Gasteiger charge is 2.25. The number of carbonyl (C=O) groups is 1. The van der Waals surface area contributed by atoms with Crippen LogP contribution in [0, 0.1) is 0 Å². The lowest BCUT2D eigenvalue weighted by molar-refractivity contribution is 0.0985. The van der Waals surface area contributed by atoms with Gasteiger partial charge in [0.15, 0.2) is 5.13 Å². The molecule has 0 unspecified atom stereocenters. The van der Waals surface area contributed by atoms with Crippen molar-refractivity contribution in [3.05, 3.63) is 52.5 Å². The van der Waals surface area contributed by atoms with E-state index in [0.29, 0.717) is 36.9 Å². The molecule has 0 atom stereocenters. The Balaban J connectivity index is 1.89. The predicted molar refractivity (Wildman–Crippen MR) is 153 cm³/mol. The van der Waals surface area contributed by atoms with E-state index in [9.17, 15) is 13.2 Å². The number of nitrogens with zero attached hydrogens (tertiary/aromatic N) is 4. The molecule has 1 amide bonds. The van der Waals surface area contributed by atoms with E-state index in [1.165, 1.54) is 11.3 Å². The summed E-state index contributed by atoms with van der Waals surface area (Å²) in [5.74, 6) is -0.201. The number of sulfonamides is 1. The molecule has 196 valence electrons. The summed E-state index contributed by atoms with van der Waals surface area (Å²) in [6.45, 7) is 6.25. The molecule has 7 nitrogen and oxygen atoms in total. The van der Waals surface area contributed by atoms with Crippen LogP contribution in [0.5, 0.6) is 0 Å². The van der Waals surface area contributed by atoms with Crippen LogP contribution in [0.4, 0.5) is 5.13 Å². The average molecular weight is 596 g/mol. The second-order valence-electron chi connectivity index (χ2n) is 9.00. The number of aromatic nitrogens is 1. The second kappa shape index (κ2) is 13.1. The van der Waals surface area contributed by atoms with Crippen LogP contribution in [-0.2, 0) is 10.0 Å². The molecule has 0 radical (unpaired) electrons. The maximum Gasteiger partial charge on any atom is 0.260 e. The average Bonchev–Trinajstić information content (AvgIpc) is 3.26. The molecule has 0 N–H and O–H groups in total. The van der Waals surface area contributed by atoms with E-state index in [-0.39, 0.29) is 10.8 Å². The largest absolute Gasteiger partial charge is 0.308 e. The zero-order chi connectivity index (χ0) is 26.3. The van der Waals surface area contributed by atoms with Gasteiger partial charge in [0.1, 0.15) is 0 Å². The van der Waals surface area contributed by atoms with Crippen molar-refractivity contribution in [2.75, 3.05) is 45.2 Å². The van der Waals surface area contributed by atoms with E-state index in [0.717, 1.165) is 40.4 Å². The molecule has 0 aliphatic carbocycles. The fourth-order valence-electron chi connectivity index (χ4n) is 3.68. The summed E-state index contributed by atoms with van der Waals surface area (Å²) >= 11 is 4.96. The van der Waals surface area contributed by atoms with Crippen molar-refractivity contribution in [2.45, 2.75) is 44.4 Å². The third-order valence-corrected chi connectivity index (χ3v) is 9.29. The van der Waals surface area contributed by atoms with E-state index in [2.05, 4.69) is 29.8 Å². The molecule has 3 rings (SSSR count). The summed E-state index contributed by atoms with van der Waals surface area (Å²) in [4.78, 5) is 22.2. The Morgan fingerprint density at radius 2 is 1.58 bits per heavy atom. The number of thiazole rings is 1. The number of hydrogen-bond donors (Lipinski definition) is 0. The normalized spacial score (nSPS) is 12.1. The van der Waals surface area contributed by atoms with Gasteiger partial charge in [0.2, 0.25) is 10.0 Å². The summed E-state index contributed by atoms with van der Waals surface area (Å²) in [5, 5.41) is 0.622. The molecule has 2 aromatic carbocycles. The number of anilines is 1. The lowest BCUT2D eigenvalue weighted by Crippen LogP contribution is -2.37. The topological polar surface area (TPSA) is 73.8 Å². The van der Waals surface area contributed by atoms with Crippen molar-refractivity contribution >= 4 is 58.5 Å². The number of halogens is 1. The number of benzene rings is 2. The molecule has 1 aromatic heterocycles. The summed E-state index contributed by atoms with van der Waals surface area (Å²) in [6.07, 6.45) is 3.49. The number of likely N-dealkylation sites (N-methyl/N-ethyl adjacent to an activating group) is 1. The van der Waals surface area contributed by atoms with Crippen molar-refractivity contribution in [2.24, 2.45) is 0 Å². The first kappa shape index (κ1) is 28.7. The standard InChI is InChI=1S/C26H35BrN4O3S2/c1-5-7-15-30(16-8-6-2)36(33,34)22-12-9-20(10-13-22)25(32)31(18-17-29(3)4)26-28-23-14-11-21(27)19-24(23)35-26/h9-14,19H,5-8,15-18H2,1-4H3. The Labute approximate surface area is 227 Å². The van der Waals surface area contributed by atoms with Gasteiger partial charge in [-0.25, -0.2) is 13.4 Å². The Morgan fingerprint density at radius 1 is 0.944 bits per heavy atom. The zero-order valence-corrected chi connectivity index (χ0v) is 24.6. The first-order chi connectivity index (χ1) is 17.2. The van der Waals surface area contributed by atoms with Crippen LogP contribution < -0.4 is 4.90 Å². The van der Waals surface area contributed by atoms with E-state index in [1.807, 2.05) is 37.2 Å².